The number of anilines is 1. The van der Waals surface area contributed by atoms with E-state index in [0.29, 0.717) is 11.4 Å². The van der Waals surface area contributed by atoms with Gasteiger partial charge in [-0.3, -0.25) is 9.29 Å². The summed E-state index contributed by atoms with van der Waals surface area (Å²) in [5.74, 6) is 1.41. The molecule has 27 heavy (non-hydrogen) atoms. The van der Waals surface area contributed by atoms with Gasteiger partial charge in [0.2, 0.25) is 10.0 Å². The number of ether oxygens (including phenoxy) is 1. The molecule has 0 unspecified atom stereocenters. The molecule has 0 aliphatic rings. The number of rotatable bonds is 7. The fraction of sp³-hybridized carbons (Fsp3) is 0.190. The van der Waals surface area contributed by atoms with Gasteiger partial charge < -0.3 is 4.74 Å². The van der Waals surface area contributed by atoms with E-state index in [1.165, 1.54) is 4.31 Å². The lowest BCUT2D eigenvalue weighted by Gasteiger charge is -2.24. The third-order valence-corrected chi connectivity index (χ3v) is 5.87. The van der Waals surface area contributed by atoms with Crippen LogP contribution < -0.4 is 9.04 Å². The molecule has 140 valence electrons. The fourth-order valence-electron chi connectivity index (χ4n) is 2.59. The van der Waals surface area contributed by atoms with Gasteiger partial charge in [-0.1, -0.05) is 23.8 Å². The first-order valence-corrected chi connectivity index (χ1v) is 10.3. The summed E-state index contributed by atoms with van der Waals surface area (Å²) in [7, 11) is -3.42. The van der Waals surface area contributed by atoms with Crippen molar-refractivity contribution in [1.82, 2.24) is 4.98 Å². The second kappa shape index (κ2) is 8.22. The molecule has 3 aromatic rings. The molecule has 0 saturated carbocycles. The predicted molar refractivity (Wildman–Crippen MR) is 108 cm³/mol. The average Bonchev–Trinajstić information content (AvgIpc) is 2.69. The molecule has 0 fully saturated rings. The number of aryl methyl sites for hydroxylation is 1. The van der Waals surface area contributed by atoms with E-state index < -0.39 is 10.0 Å². The Bertz CT molecular complexity index is 970. The highest BCUT2D eigenvalue weighted by molar-refractivity contribution is 7.92. The van der Waals surface area contributed by atoms with Crippen molar-refractivity contribution < 1.29 is 13.2 Å². The van der Waals surface area contributed by atoms with E-state index in [2.05, 4.69) is 4.98 Å². The van der Waals surface area contributed by atoms with Crippen LogP contribution in [-0.2, 0) is 16.6 Å². The highest BCUT2D eigenvalue weighted by Gasteiger charge is 2.21. The number of aromatic nitrogens is 1. The van der Waals surface area contributed by atoms with E-state index in [1.807, 2.05) is 37.3 Å². The predicted octanol–water partition coefficient (Wildman–Crippen LogP) is 4.54. The van der Waals surface area contributed by atoms with Gasteiger partial charge >= 0.3 is 0 Å². The molecule has 0 atom stereocenters. The molecule has 0 N–H and O–H groups in total. The van der Waals surface area contributed by atoms with Crippen molar-refractivity contribution in [3.63, 3.8) is 0 Å². The van der Waals surface area contributed by atoms with Gasteiger partial charge in [-0.05, 0) is 61.9 Å². The van der Waals surface area contributed by atoms with Crippen LogP contribution in [0.1, 0.15) is 18.1 Å². The van der Waals surface area contributed by atoms with Gasteiger partial charge in [0.15, 0.2) is 0 Å². The number of hydrogen-bond donors (Lipinski definition) is 0. The second-order valence-electron chi connectivity index (χ2n) is 6.18. The van der Waals surface area contributed by atoms with E-state index in [1.54, 1.807) is 49.6 Å². The molecule has 0 spiro atoms. The molecule has 2 aromatic carbocycles. The van der Waals surface area contributed by atoms with Crippen molar-refractivity contribution in [2.75, 3.05) is 10.1 Å². The number of nitrogens with zero attached hydrogens (tertiary/aromatic N) is 2. The van der Waals surface area contributed by atoms with Crippen LogP contribution in [0.3, 0.4) is 0 Å². The second-order valence-corrected chi connectivity index (χ2v) is 8.36. The molecular weight excluding hydrogens is 360 g/mol. The summed E-state index contributed by atoms with van der Waals surface area (Å²) in [5.41, 5.74) is 2.58. The zero-order valence-corrected chi connectivity index (χ0v) is 16.2. The maximum Gasteiger partial charge on any atom is 0.235 e. The summed E-state index contributed by atoms with van der Waals surface area (Å²) >= 11 is 0. The first-order chi connectivity index (χ1) is 13.0. The minimum absolute atomic E-state index is 0.0227. The van der Waals surface area contributed by atoms with E-state index in [-0.39, 0.29) is 12.3 Å². The minimum atomic E-state index is -3.42. The Hall–Kier alpha value is -2.86. The van der Waals surface area contributed by atoms with E-state index >= 15 is 0 Å². The lowest BCUT2D eigenvalue weighted by atomic mass is 10.2. The SMILES string of the molecule is CCS(=O)(=O)N(Cc1cccnc1)c1ccc(Oc2ccc(C)cc2)cc1. The lowest BCUT2D eigenvalue weighted by Crippen LogP contribution is -2.31. The number of hydrogen-bond acceptors (Lipinski definition) is 4. The number of sulfonamides is 1. The van der Waals surface area contributed by atoms with Crippen LogP contribution in [0.4, 0.5) is 5.69 Å². The van der Waals surface area contributed by atoms with Gasteiger partial charge in [0.1, 0.15) is 11.5 Å². The Morgan fingerprint density at radius 2 is 1.59 bits per heavy atom. The van der Waals surface area contributed by atoms with Crippen molar-refractivity contribution in [2.45, 2.75) is 20.4 Å². The summed E-state index contributed by atoms with van der Waals surface area (Å²) in [6, 6.07) is 18.5. The smallest absolute Gasteiger partial charge is 0.235 e. The molecule has 0 aliphatic heterocycles. The lowest BCUT2D eigenvalue weighted by molar-refractivity contribution is 0.482. The maximum absolute atomic E-state index is 12.6. The molecule has 1 aromatic heterocycles. The molecule has 0 bridgehead atoms. The zero-order valence-electron chi connectivity index (χ0n) is 15.4. The summed E-state index contributed by atoms with van der Waals surface area (Å²) in [5, 5.41) is 0. The fourth-order valence-corrected chi connectivity index (χ4v) is 3.69. The summed E-state index contributed by atoms with van der Waals surface area (Å²) in [6.45, 7) is 3.90. The van der Waals surface area contributed by atoms with Gasteiger partial charge in [0, 0.05) is 12.4 Å². The molecule has 6 heteroatoms. The highest BCUT2D eigenvalue weighted by Crippen LogP contribution is 2.27. The number of pyridine rings is 1. The van der Waals surface area contributed by atoms with Crippen LogP contribution in [0.15, 0.2) is 73.1 Å². The van der Waals surface area contributed by atoms with Gasteiger partial charge in [0.25, 0.3) is 0 Å². The Morgan fingerprint density at radius 1 is 0.963 bits per heavy atom. The Kier molecular flexibility index (Phi) is 5.76. The van der Waals surface area contributed by atoms with Gasteiger partial charge in [-0.2, -0.15) is 0 Å². The van der Waals surface area contributed by atoms with Crippen LogP contribution in [-0.4, -0.2) is 19.2 Å². The van der Waals surface area contributed by atoms with Crippen LogP contribution >= 0.6 is 0 Å². The van der Waals surface area contributed by atoms with E-state index in [9.17, 15) is 8.42 Å². The summed E-state index contributed by atoms with van der Waals surface area (Å²) in [6.07, 6.45) is 3.34. The van der Waals surface area contributed by atoms with Crippen molar-refractivity contribution >= 4 is 15.7 Å². The van der Waals surface area contributed by atoms with Crippen LogP contribution in [0.2, 0.25) is 0 Å². The molecule has 0 saturated heterocycles. The van der Waals surface area contributed by atoms with Gasteiger partial charge in [-0.25, -0.2) is 8.42 Å². The molecule has 5 nitrogen and oxygen atoms in total. The number of benzene rings is 2. The molecule has 3 rings (SSSR count). The third-order valence-electron chi connectivity index (χ3n) is 4.13. The minimum Gasteiger partial charge on any atom is -0.457 e. The average molecular weight is 382 g/mol. The monoisotopic (exact) mass is 382 g/mol. The van der Waals surface area contributed by atoms with Crippen molar-refractivity contribution in [3.05, 3.63) is 84.2 Å². The zero-order chi connectivity index (χ0) is 19.3. The normalized spacial score (nSPS) is 11.2. The summed E-state index contributed by atoms with van der Waals surface area (Å²) in [4.78, 5) is 4.06. The van der Waals surface area contributed by atoms with Crippen LogP contribution in [0, 0.1) is 6.92 Å². The van der Waals surface area contributed by atoms with Gasteiger partial charge in [0.05, 0.1) is 18.0 Å². The Morgan fingerprint density at radius 3 is 2.15 bits per heavy atom. The molecule has 0 radical (unpaired) electrons. The Balaban J connectivity index is 1.83. The molecule has 0 aliphatic carbocycles. The summed E-state index contributed by atoms with van der Waals surface area (Å²) < 4.78 is 32.4. The molecule has 1 heterocycles. The molecular formula is C21H22N2O3S. The van der Waals surface area contributed by atoms with Crippen LogP contribution in [0.5, 0.6) is 11.5 Å². The van der Waals surface area contributed by atoms with E-state index in [4.69, 9.17) is 4.74 Å². The topological polar surface area (TPSA) is 59.5 Å². The third kappa shape index (κ3) is 4.86. The first kappa shape index (κ1) is 18.9. The van der Waals surface area contributed by atoms with Crippen LogP contribution in [0.25, 0.3) is 0 Å². The van der Waals surface area contributed by atoms with Gasteiger partial charge in [-0.15, -0.1) is 0 Å². The largest absolute Gasteiger partial charge is 0.457 e. The first-order valence-electron chi connectivity index (χ1n) is 8.72. The quantitative estimate of drug-likeness (QED) is 0.602. The maximum atomic E-state index is 12.6. The van der Waals surface area contributed by atoms with Crippen molar-refractivity contribution in [3.8, 4) is 11.5 Å². The van der Waals surface area contributed by atoms with Crippen molar-refractivity contribution in [2.24, 2.45) is 0 Å². The standard InChI is InChI=1S/C21H22N2O3S/c1-3-27(24,25)23(16-18-5-4-14-22-15-18)19-8-12-21(13-9-19)26-20-10-6-17(2)7-11-20/h4-15H,3,16H2,1-2H3. The highest BCUT2D eigenvalue weighted by atomic mass is 32.2. The van der Waals surface area contributed by atoms with E-state index in [0.717, 1.165) is 16.9 Å². The van der Waals surface area contributed by atoms with Crippen molar-refractivity contribution in [1.29, 1.82) is 0 Å². The Labute approximate surface area is 160 Å². The molecule has 0 amide bonds.